The Hall–Kier alpha value is -0.0300. The van der Waals surface area contributed by atoms with Gasteiger partial charge in [0.05, 0.1) is 0 Å². The first kappa shape index (κ1) is 14.4. The first-order valence-corrected chi connectivity index (χ1v) is 8.65. The van der Waals surface area contributed by atoms with Gasteiger partial charge in [0.25, 0.3) is 0 Å². The van der Waals surface area contributed by atoms with Crippen molar-refractivity contribution in [3.05, 3.63) is 21.9 Å². The summed E-state index contributed by atoms with van der Waals surface area (Å²) in [6.07, 6.45) is 0. The highest BCUT2D eigenvalue weighted by molar-refractivity contribution is 7.99. The van der Waals surface area contributed by atoms with E-state index in [2.05, 4.69) is 54.9 Å². The van der Waals surface area contributed by atoms with Crippen molar-refractivity contribution in [1.29, 1.82) is 0 Å². The molecular weight excluding hydrogens is 260 g/mol. The maximum absolute atomic E-state index is 3.48. The molecule has 2 rings (SSSR count). The largest absolute Gasteiger partial charge is 0.310 e. The molecule has 0 aliphatic carbocycles. The van der Waals surface area contributed by atoms with E-state index in [1.807, 2.05) is 11.3 Å². The standard InChI is InChI=1S/C14H24N2S2/c1-11(2)15-8-13-4-5-14(18-13)10-16-6-7-17-12(3)9-16/h4-5,11-12,15H,6-10H2,1-3H3. The SMILES string of the molecule is CC(C)NCc1ccc(CN2CCSC(C)C2)s1. The quantitative estimate of drug-likeness (QED) is 0.894. The number of thiophene rings is 1. The molecule has 1 atom stereocenters. The third-order valence-corrected chi connectivity index (χ3v) is 5.31. The maximum atomic E-state index is 3.48. The minimum atomic E-state index is 0.565. The summed E-state index contributed by atoms with van der Waals surface area (Å²) in [5, 5.41) is 4.27. The van der Waals surface area contributed by atoms with Crippen LogP contribution in [0.5, 0.6) is 0 Å². The number of nitrogens with zero attached hydrogens (tertiary/aromatic N) is 1. The van der Waals surface area contributed by atoms with E-state index in [4.69, 9.17) is 0 Å². The van der Waals surface area contributed by atoms with E-state index in [1.165, 1.54) is 28.6 Å². The third kappa shape index (κ3) is 4.57. The summed E-state index contributed by atoms with van der Waals surface area (Å²) in [6, 6.07) is 5.14. The molecule has 1 saturated heterocycles. The predicted molar refractivity (Wildman–Crippen MR) is 83.5 cm³/mol. The maximum Gasteiger partial charge on any atom is 0.0328 e. The van der Waals surface area contributed by atoms with E-state index in [1.54, 1.807) is 0 Å². The lowest BCUT2D eigenvalue weighted by Gasteiger charge is -2.29. The molecule has 2 nitrogen and oxygen atoms in total. The van der Waals surface area contributed by atoms with Crippen molar-refractivity contribution in [1.82, 2.24) is 10.2 Å². The van der Waals surface area contributed by atoms with Crippen LogP contribution in [0, 0.1) is 0 Å². The Kier molecular flexibility index (Phi) is 5.55. The molecular formula is C14H24N2S2. The highest BCUT2D eigenvalue weighted by atomic mass is 32.2. The van der Waals surface area contributed by atoms with Gasteiger partial charge in [-0.1, -0.05) is 20.8 Å². The van der Waals surface area contributed by atoms with Crippen LogP contribution in [0.4, 0.5) is 0 Å². The van der Waals surface area contributed by atoms with Gasteiger partial charge in [-0.15, -0.1) is 11.3 Å². The molecule has 4 heteroatoms. The molecule has 1 N–H and O–H groups in total. The molecule has 102 valence electrons. The molecule has 1 unspecified atom stereocenters. The van der Waals surface area contributed by atoms with Crippen molar-refractivity contribution < 1.29 is 0 Å². The fourth-order valence-corrected chi connectivity index (χ4v) is 4.26. The van der Waals surface area contributed by atoms with Crippen LogP contribution < -0.4 is 5.32 Å². The van der Waals surface area contributed by atoms with Gasteiger partial charge in [-0.2, -0.15) is 11.8 Å². The molecule has 1 aliphatic rings. The summed E-state index contributed by atoms with van der Waals surface area (Å²) in [4.78, 5) is 5.56. The summed E-state index contributed by atoms with van der Waals surface area (Å²) in [6.45, 7) is 11.4. The Balaban J connectivity index is 1.82. The Labute approximate surface area is 119 Å². The van der Waals surface area contributed by atoms with E-state index in [0.29, 0.717) is 6.04 Å². The highest BCUT2D eigenvalue weighted by Crippen LogP contribution is 2.23. The van der Waals surface area contributed by atoms with Gasteiger partial charge < -0.3 is 5.32 Å². The molecule has 18 heavy (non-hydrogen) atoms. The molecule has 1 aromatic rings. The minimum Gasteiger partial charge on any atom is -0.310 e. The first-order chi connectivity index (χ1) is 8.63. The fraction of sp³-hybridized carbons (Fsp3) is 0.714. The van der Waals surface area contributed by atoms with Crippen molar-refractivity contribution in [3.63, 3.8) is 0 Å². The van der Waals surface area contributed by atoms with Crippen molar-refractivity contribution in [2.24, 2.45) is 0 Å². The van der Waals surface area contributed by atoms with Gasteiger partial charge in [0, 0.05) is 53.0 Å². The van der Waals surface area contributed by atoms with Crippen molar-refractivity contribution in [2.75, 3.05) is 18.8 Å². The molecule has 1 aliphatic heterocycles. The third-order valence-electron chi connectivity index (χ3n) is 3.11. The average Bonchev–Trinajstić information content (AvgIpc) is 2.74. The smallest absolute Gasteiger partial charge is 0.0328 e. The zero-order chi connectivity index (χ0) is 13.0. The normalized spacial score (nSPS) is 21.7. The summed E-state index contributed by atoms with van der Waals surface area (Å²) >= 11 is 4.06. The zero-order valence-electron chi connectivity index (χ0n) is 11.6. The van der Waals surface area contributed by atoms with Crippen molar-refractivity contribution >= 4 is 23.1 Å². The molecule has 1 aromatic heterocycles. The molecule has 0 amide bonds. The van der Waals surface area contributed by atoms with Gasteiger partial charge in [0.1, 0.15) is 0 Å². The van der Waals surface area contributed by atoms with E-state index in [-0.39, 0.29) is 0 Å². The van der Waals surface area contributed by atoms with Gasteiger partial charge in [-0.05, 0) is 12.1 Å². The Morgan fingerprint density at radius 3 is 2.89 bits per heavy atom. The van der Waals surface area contributed by atoms with Gasteiger partial charge in [-0.25, -0.2) is 0 Å². The van der Waals surface area contributed by atoms with Gasteiger partial charge in [-0.3, -0.25) is 4.90 Å². The number of nitrogens with one attached hydrogen (secondary N) is 1. The lowest BCUT2D eigenvalue weighted by Crippen LogP contribution is -2.35. The van der Waals surface area contributed by atoms with Gasteiger partial charge in [0.2, 0.25) is 0 Å². The van der Waals surface area contributed by atoms with Crippen LogP contribution in [-0.4, -0.2) is 35.0 Å². The lowest BCUT2D eigenvalue weighted by atomic mass is 10.3. The summed E-state index contributed by atoms with van der Waals surface area (Å²) in [7, 11) is 0. The number of hydrogen-bond acceptors (Lipinski definition) is 4. The molecule has 0 saturated carbocycles. The van der Waals surface area contributed by atoms with E-state index < -0.39 is 0 Å². The van der Waals surface area contributed by atoms with Gasteiger partial charge in [0.15, 0.2) is 0 Å². The second-order valence-electron chi connectivity index (χ2n) is 5.32. The average molecular weight is 284 g/mol. The highest BCUT2D eigenvalue weighted by Gasteiger charge is 2.17. The second-order valence-corrected chi connectivity index (χ2v) is 8.12. The predicted octanol–water partition coefficient (Wildman–Crippen LogP) is 3.18. The van der Waals surface area contributed by atoms with Crippen molar-refractivity contribution in [2.45, 2.75) is 45.2 Å². The minimum absolute atomic E-state index is 0.565. The summed E-state index contributed by atoms with van der Waals surface area (Å²) < 4.78 is 0. The number of thioether (sulfide) groups is 1. The zero-order valence-corrected chi connectivity index (χ0v) is 13.2. The number of hydrogen-bond donors (Lipinski definition) is 1. The van der Waals surface area contributed by atoms with Crippen LogP contribution >= 0.6 is 23.1 Å². The van der Waals surface area contributed by atoms with Crippen LogP contribution in [0.1, 0.15) is 30.5 Å². The van der Waals surface area contributed by atoms with E-state index in [0.717, 1.165) is 18.3 Å². The molecule has 2 heterocycles. The molecule has 0 bridgehead atoms. The molecule has 0 spiro atoms. The second kappa shape index (κ2) is 6.94. The molecule has 1 fully saturated rings. The molecule has 0 aromatic carbocycles. The van der Waals surface area contributed by atoms with Crippen LogP contribution in [-0.2, 0) is 13.1 Å². The first-order valence-electron chi connectivity index (χ1n) is 6.78. The fourth-order valence-electron chi connectivity index (χ4n) is 2.16. The summed E-state index contributed by atoms with van der Waals surface area (Å²) in [5.41, 5.74) is 0. The van der Waals surface area contributed by atoms with E-state index >= 15 is 0 Å². The topological polar surface area (TPSA) is 15.3 Å². The van der Waals surface area contributed by atoms with Crippen LogP contribution in [0.15, 0.2) is 12.1 Å². The van der Waals surface area contributed by atoms with Crippen LogP contribution in [0.2, 0.25) is 0 Å². The number of rotatable bonds is 5. The van der Waals surface area contributed by atoms with Crippen molar-refractivity contribution in [3.8, 4) is 0 Å². The van der Waals surface area contributed by atoms with E-state index in [9.17, 15) is 0 Å². The Morgan fingerprint density at radius 2 is 2.17 bits per heavy atom. The Morgan fingerprint density at radius 1 is 1.39 bits per heavy atom. The lowest BCUT2D eigenvalue weighted by molar-refractivity contribution is 0.281. The van der Waals surface area contributed by atoms with Crippen LogP contribution in [0.3, 0.4) is 0 Å². The monoisotopic (exact) mass is 284 g/mol. The summed E-state index contributed by atoms with van der Waals surface area (Å²) in [5.74, 6) is 1.29. The van der Waals surface area contributed by atoms with Gasteiger partial charge >= 0.3 is 0 Å². The molecule has 0 radical (unpaired) electrons. The Bertz CT molecular complexity index is 362. The van der Waals surface area contributed by atoms with Crippen LogP contribution in [0.25, 0.3) is 0 Å².